The van der Waals surface area contributed by atoms with Crippen LogP contribution in [0.3, 0.4) is 0 Å². The van der Waals surface area contributed by atoms with E-state index in [9.17, 15) is 4.79 Å². The van der Waals surface area contributed by atoms with Crippen molar-refractivity contribution in [1.29, 1.82) is 0 Å². The van der Waals surface area contributed by atoms with Crippen molar-refractivity contribution in [3.8, 4) is 0 Å². The lowest BCUT2D eigenvalue weighted by Crippen LogP contribution is -2.06. The van der Waals surface area contributed by atoms with Crippen LogP contribution in [0.15, 0.2) is 30.3 Å². The van der Waals surface area contributed by atoms with Crippen LogP contribution in [0, 0.1) is 0 Å². The Kier molecular flexibility index (Phi) is 14.1. The van der Waals surface area contributed by atoms with E-state index in [1.54, 1.807) is 12.1 Å². The summed E-state index contributed by atoms with van der Waals surface area (Å²) in [5, 5.41) is 0. The van der Waals surface area contributed by atoms with Crippen molar-refractivity contribution < 1.29 is 9.53 Å². The Bertz CT molecular complexity index is 413. The number of rotatable bonds is 16. The topological polar surface area (TPSA) is 26.3 Å². The van der Waals surface area contributed by atoms with Crippen molar-refractivity contribution in [2.24, 2.45) is 0 Å². The van der Waals surface area contributed by atoms with Gasteiger partial charge < -0.3 is 4.74 Å². The van der Waals surface area contributed by atoms with Crippen LogP contribution in [0.2, 0.25) is 0 Å². The molecule has 2 heteroatoms. The van der Waals surface area contributed by atoms with Gasteiger partial charge in [0.05, 0.1) is 12.2 Å². The highest BCUT2D eigenvalue weighted by Gasteiger charge is 2.04. The molecule has 0 spiro atoms. The molecular weight excluding hydrogens is 308 g/mol. The molecule has 0 atom stereocenters. The lowest BCUT2D eigenvalue weighted by atomic mass is 10.0. The van der Waals surface area contributed by atoms with Crippen molar-refractivity contribution in [2.75, 3.05) is 6.61 Å². The Balaban J connectivity index is 1.78. The number of hydrogen-bond donors (Lipinski definition) is 0. The predicted molar refractivity (Wildman–Crippen MR) is 107 cm³/mol. The number of carbonyl (C=O) groups excluding carboxylic acids is 1. The minimum absolute atomic E-state index is 0.199. The van der Waals surface area contributed by atoms with E-state index in [0.29, 0.717) is 12.2 Å². The molecule has 0 saturated carbocycles. The monoisotopic (exact) mass is 346 g/mol. The van der Waals surface area contributed by atoms with Gasteiger partial charge in [0, 0.05) is 0 Å². The number of ether oxygens (including phenoxy) is 1. The molecule has 0 saturated heterocycles. The van der Waals surface area contributed by atoms with Crippen LogP contribution in [0.5, 0.6) is 0 Å². The van der Waals surface area contributed by atoms with Gasteiger partial charge >= 0.3 is 5.97 Å². The van der Waals surface area contributed by atoms with E-state index in [1.165, 1.54) is 83.5 Å². The zero-order valence-electron chi connectivity index (χ0n) is 16.3. The van der Waals surface area contributed by atoms with Crippen LogP contribution >= 0.6 is 0 Å². The summed E-state index contributed by atoms with van der Waals surface area (Å²) < 4.78 is 5.30. The van der Waals surface area contributed by atoms with E-state index in [1.807, 2.05) is 18.2 Å². The van der Waals surface area contributed by atoms with Gasteiger partial charge in [-0.2, -0.15) is 0 Å². The van der Waals surface area contributed by atoms with Gasteiger partial charge in [0.15, 0.2) is 0 Å². The first-order valence-corrected chi connectivity index (χ1v) is 10.6. The van der Waals surface area contributed by atoms with Gasteiger partial charge in [-0.15, -0.1) is 0 Å². The molecule has 25 heavy (non-hydrogen) atoms. The SMILES string of the molecule is CCCCCCCCCCCCCCCCOC(=O)c1ccccc1. The Morgan fingerprint density at radius 3 is 1.60 bits per heavy atom. The molecule has 0 radical (unpaired) electrons. The van der Waals surface area contributed by atoms with E-state index in [2.05, 4.69) is 6.92 Å². The molecule has 1 aromatic rings. The van der Waals surface area contributed by atoms with Gasteiger partial charge in [-0.1, -0.05) is 109 Å². The van der Waals surface area contributed by atoms with Gasteiger partial charge in [-0.25, -0.2) is 4.79 Å². The molecule has 0 aliphatic carbocycles. The quantitative estimate of drug-likeness (QED) is 0.231. The summed E-state index contributed by atoms with van der Waals surface area (Å²) in [6.45, 7) is 2.82. The fourth-order valence-electron chi connectivity index (χ4n) is 3.12. The Morgan fingerprint density at radius 2 is 1.12 bits per heavy atom. The van der Waals surface area contributed by atoms with Crippen LogP contribution in [-0.2, 0) is 4.74 Å². The molecule has 0 fully saturated rings. The van der Waals surface area contributed by atoms with Crippen molar-refractivity contribution in [3.63, 3.8) is 0 Å². The maximum atomic E-state index is 11.8. The number of unbranched alkanes of at least 4 members (excludes halogenated alkanes) is 13. The van der Waals surface area contributed by atoms with Gasteiger partial charge in [0.2, 0.25) is 0 Å². The molecule has 0 heterocycles. The fraction of sp³-hybridized carbons (Fsp3) is 0.696. The lowest BCUT2D eigenvalue weighted by molar-refractivity contribution is 0.0497. The third-order valence-electron chi connectivity index (χ3n) is 4.74. The molecule has 1 rings (SSSR count). The highest BCUT2D eigenvalue weighted by molar-refractivity contribution is 5.89. The summed E-state index contributed by atoms with van der Waals surface area (Å²) in [5.74, 6) is -0.199. The van der Waals surface area contributed by atoms with Gasteiger partial charge in [0.1, 0.15) is 0 Å². The van der Waals surface area contributed by atoms with E-state index >= 15 is 0 Å². The maximum absolute atomic E-state index is 11.8. The highest BCUT2D eigenvalue weighted by atomic mass is 16.5. The van der Waals surface area contributed by atoms with Crippen LogP contribution in [0.1, 0.15) is 107 Å². The molecule has 0 N–H and O–H groups in total. The van der Waals surface area contributed by atoms with Crippen LogP contribution < -0.4 is 0 Å². The second kappa shape index (κ2) is 16.2. The summed E-state index contributed by atoms with van der Waals surface area (Å²) >= 11 is 0. The molecule has 0 aliphatic rings. The van der Waals surface area contributed by atoms with Gasteiger partial charge in [-0.05, 0) is 18.6 Å². The summed E-state index contributed by atoms with van der Waals surface area (Å²) in [6, 6.07) is 9.23. The lowest BCUT2D eigenvalue weighted by Gasteiger charge is -2.05. The van der Waals surface area contributed by atoms with E-state index in [-0.39, 0.29) is 5.97 Å². The number of benzene rings is 1. The minimum Gasteiger partial charge on any atom is -0.462 e. The zero-order chi connectivity index (χ0) is 18.0. The van der Waals surface area contributed by atoms with Crippen molar-refractivity contribution in [2.45, 2.75) is 96.8 Å². The first kappa shape index (κ1) is 21.7. The largest absolute Gasteiger partial charge is 0.462 e. The van der Waals surface area contributed by atoms with Crippen LogP contribution in [0.25, 0.3) is 0 Å². The van der Waals surface area contributed by atoms with E-state index in [4.69, 9.17) is 4.74 Å². The molecule has 2 nitrogen and oxygen atoms in total. The maximum Gasteiger partial charge on any atom is 0.338 e. The van der Waals surface area contributed by atoms with Crippen molar-refractivity contribution >= 4 is 5.97 Å². The first-order valence-electron chi connectivity index (χ1n) is 10.6. The molecule has 1 aromatic carbocycles. The normalized spacial score (nSPS) is 10.8. The second-order valence-electron chi connectivity index (χ2n) is 7.10. The molecule has 0 bridgehead atoms. The van der Waals surface area contributed by atoms with Crippen molar-refractivity contribution in [1.82, 2.24) is 0 Å². The van der Waals surface area contributed by atoms with Gasteiger partial charge in [-0.3, -0.25) is 0 Å². The fourth-order valence-corrected chi connectivity index (χ4v) is 3.12. The van der Waals surface area contributed by atoms with Crippen LogP contribution in [0.4, 0.5) is 0 Å². The molecule has 0 aliphatic heterocycles. The van der Waals surface area contributed by atoms with Crippen LogP contribution in [-0.4, -0.2) is 12.6 Å². The summed E-state index contributed by atoms with van der Waals surface area (Å²) in [4.78, 5) is 11.8. The Labute approximate surface area is 155 Å². The Morgan fingerprint density at radius 1 is 0.680 bits per heavy atom. The van der Waals surface area contributed by atoms with E-state index in [0.717, 1.165) is 6.42 Å². The smallest absolute Gasteiger partial charge is 0.338 e. The average molecular weight is 347 g/mol. The molecule has 142 valence electrons. The van der Waals surface area contributed by atoms with E-state index < -0.39 is 0 Å². The minimum atomic E-state index is -0.199. The number of carbonyl (C=O) groups is 1. The summed E-state index contributed by atoms with van der Waals surface area (Å²) in [5.41, 5.74) is 0.646. The van der Waals surface area contributed by atoms with Gasteiger partial charge in [0.25, 0.3) is 0 Å². The average Bonchev–Trinajstić information content (AvgIpc) is 2.65. The molecule has 0 unspecified atom stereocenters. The predicted octanol–water partition coefficient (Wildman–Crippen LogP) is 7.32. The summed E-state index contributed by atoms with van der Waals surface area (Å²) in [7, 11) is 0. The zero-order valence-corrected chi connectivity index (χ0v) is 16.3. The highest BCUT2D eigenvalue weighted by Crippen LogP contribution is 2.13. The third-order valence-corrected chi connectivity index (χ3v) is 4.74. The Hall–Kier alpha value is -1.31. The second-order valence-corrected chi connectivity index (χ2v) is 7.10. The standard InChI is InChI=1S/C23H38O2/c1-2-3-4-5-6-7-8-9-10-11-12-13-14-18-21-25-23(24)22-19-16-15-17-20-22/h15-17,19-20H,2-14,18,21H2,1H3. The summed E-state index contributed by atoms with van der Waals surface area (Å²) in [6.07, 6.45) is 18.8. The first-order chi connectivity index (χ1) is 12.3. The van der Waals surface area contributed by atoms with Crippen molar-refractivity contribution in [3.05, 3.63) is 35.9 Å². The molecule has 0 aromatic heterocycles. The third kappa shape index (κ3) is 12.7. The number of esters is 1. The molecular formula is C23H38O2. The number of hydrogen-bond acceptors (Lipinski definition) is 2. The molecule has 0 amide bonds.